The fourth-order valence-electron chi connectivity index (χ4n) is 5.30. The number of carbonyl (C=O) groups excluding carboxylic acids is 4. The Bertz CT molecular complexity index is 1530. The minimum atomic E-state index is -0.932. The van der Waals surface area contributed by atoms with Crippen LogP contribution in [-0.4, -0.2) is 81.1 Å². The molecular weight excluding hydrogens is 642 g/mol. The number of nitrogens with one attached hydrogen (secondary N) is 3. The summed E-state index contributed by atoms with van der Waals surface area (Å²) in [7, 11) is 0. The van der Waals surface area contributed by atoms with E-state index < -0.39 is 65.6 Å². The summed E-state index contributed by atoms with van der Waals surface area (Å²) in [6.07, 6.45) is 4.60. The van der Waals surface area contributed by atoms with Crippen LogP contribution in [0.25, 0.3) is 17.0 Å². The van der Waals surface area contributed by atoms with Gasteiger partial charge in [-0.3, -0.25) is 24.4 Å². The first-order valence-corrected chi connectivity index (χ1v) is 17.2. The highest BCUT2D eigenvalue weighted by atomic mass is 16.6. The number of ether oxygens (including phenoxy) is 3. The van der Waals surface area contributed by atoms with Gasteiger partial charge in [0, 0.05) is 24.5 Å². The van der Waals surface area contributed by atoms with E-state index in [1.807, 2.05) is 57.2 Å². The molecule has 3 amide bonds. The molecular formula is C37H55N5O8. The molecule has 5 atom stereocenters. The topological polar surface area (TPSA) is 168 Å². The van der Waals surface area contributed by atoms with Gasteiger partial charge in [-0.1, -0.05) is 32.1 Å². The molecule has 4 N–H and O–H groups in total. The zero-order valence-electron chi connectivity index (χ0n) is 31.0. The number of carbonyl (C=O) groups is 4. The highest BCUT2D eigenvalue weighted by Crippen LogP contribution is 2.24. The highest BCUT2D eigenvalue weighted by molar-refractivity contribution is 5.91. The van der Waals surface area contributed by atoms with Crippen molar-refractivity contribution in [3.8, 4) is 0 Å². The molecule has 0 aliphatic carbocycles. The minimum absolute atomic E-state index is 0.268. The molecule has 1 unspecified atom stereocenters. The molecule has 0 saturated carbocycles. The van der Waals surface area contributed by atoms with E-state index in [9.17, 15) is 24.3 Å². The Morgan fingerprint density at radius 2 is 1.74 bits per heavy atom. The Morgan fingerprint density at radius 1 is 1.04 bits per heavy atom. The van der Waals surface area contributed by atoms with E-state index in [0.29, 0.717) is 25.8 Å². The molecule has 0 bridgehead atoms. The maximum Gasteiger partial charge on any atom is 0.408 e. The predicted octanol–water partition coefficient (Wildman–Crippen LogP) is 4.93. The van der Waals surface area contributed by atoms with E-state index in [-0.39, 0.29) is 5.92 Å². The van der Waals surface area contributed by atoms with Gasteiger partial charge < -0.3 is 30.0 Å². The van der Waals surface area contributed by atoms with Crippen LogP contribution in [0.15, 0.2) is 36.5 Å². The number of pyridine rings is 1. The first-order valence-electron chi connectivity index (χ1n) is 17.2. The van der Waals surface area contributed by atoms with Gasteiger partial charge in [0.15, 0.2) is 6.29 Å². The SMILES string of the molecule is CC(C)[C@H](NC(=O)OC(C)(C)C)C(=O)N[C@@H](C)C(=O)N1CCC[C@@H](C(=O)O[C@H](C)c2ccc3ncc(/C=C/CC(O)OC(C)(C)C)cc3c2)N1. The lowest BCUT2D eigenvalue weighted by Gasteiger charge is -2.35. The van der Waals surface area contributed by atoms with Crippen molar-refractivity contribution in [2.24, 2.45) is 5.92 Å². The van der Waals surface area contributed by atoms with E-state index in [0.717, 1.165) is 22.0 Å². The number of aromatic nitrogens is 1. The second-order valence-electron chi connectivity index (χ2n) is 15.0. The van der Waals surface area contributed by atoms with Gasteiger partial charge in [0.1, 0.15) is 29.8 Å². The predicted molar refractivity (Wildman–Crippen MR) is 190 cm³/mol. The summed E-state index contributed by atoms with van der Waals surface area (Å²) in [6.45, 7) is 18.1. The molecule has 0 spiro atoms. The van der Waals surface area contributed by atoms with E-state index in [2.05, 4.69) is 21.0 Å². The number of rotatable bonds is 12. The zero-order chi connectivity index (χ0) is 37.4. The summed E-state index contributed by atoms with van der Waals surface area (Å²) in [4.78, 5) is 56.4. The average molecular weight is 698 g/mol. The number of alkyl carbamates (subject to hydrolysis) is 1. The summed E-state index contributed by atoms with van der Waals surface area (Å²) in [5.41, 5.74) is 4.21. The first-order chi connectivity index (χ1) is 23.2. The molecule has 0 radical (unpaired) electrons. The number of aliphatic hydroxyl groups excluding tert-OH is 1. The van der Waals surface area contributed by atoms with Crippen LogP contribution in [0.4, 0.5) is 4.79 Å². The van der Waals surface area contributed by atoms with E-state index in [1.54, 1.807) is 54.7 Å². The quantitative estimate of drug-likeness (QED) is 0.176. The van der Waals surface area contributed by atoms with Crippen molar-refractivity contribution in [3.05, 3.63) is 47.7 Å². The van der Waals surface area contributed by atoms with Crippen LogP contribution >= 0.6 is 0 Å². The average Bonchev–Trinajstić information content (AvgIpc) is 3.01. The third kappa shape index (κ3) is 12.7. The van der Waals surface area contributed by atoms with Crippen LogP contribution in [0.2, 0.25) is 0 Å². The van der Waals surface area contributed by atoms with Crippen molar-refractivity contribution in [2.75, 3.05) is 6.54 Å². The van der Waals surface area contributed by atoms with E-state index >= 15 is 0 Å². The van der Waals surface area contributed by atoms with Gasteiger partial charge in [-0.2, -0.15) is 0 Å². The third-order valence-electron chi connectivity index (χ3n) is 7.71. The van der Waals surface area contributed by atoms with Crippen molar-refractivity contribution >= 4 is 40.9 Å². The maximum atomic E-state index is 13.3. The number of hydrogen-bond donors (Lipinski definition) is 4. The van der Waals surface area contributed by atoms with Crippen LogP contribution in [-0.2, 0) is 28.6 Å². The van der Waals surface area contributed by atoms with Crippen molar-refractivity contribution in [3.63, 3.8) is 0 Å². The fraction of sp³-hybridized carbons (Fsp3) is 0.595. The molecule has 1 fully saturated rings. The Labute approximate surface area is 295 Å². The molecule has 1 aliphatic rings. The van der Waals surface area contributed by atoms with Gasteiger partial charge in [-0.15, -0.1) is 0 Å². The summed E-state index contributed by atoms with van der Waals surface area (Å²) in [6, 6.07) is 5.01. The minimum Gasteiger partial charge on any atom is -0.457 e. The lowest BCUT2D eigenvalue weighted by atomic mass is 10.0. The number of aliphatic hydroxyl groups is 1. The fourth-order valence-corrected chi connectivity index (χ4v) is 5.30. The number of hydrazine groups is 1. The van der Waals surface area contributed by atoms with Crippen LogP contribution in [0.3, 0.4) is 0 Å². The Morgan fingerprint density at radius 3 is 2.38 bits per heavy atom. The van der Waals surface area contributed by atoms with Crippen molar-refractivity contribution < 1.29 is 38.5 Å². The molecule has 1 aromatic carbocycles. The van der Waals surface area contributed by atoms with Gasteiger partial charge >= 0.3 is 12.1 Å². The van der Waals surface area contributed by atoms with Crippen molar-refractivity contribution in [2.45, 2.75) is 130 Å². The highest BCUT2D eigenvalue weighted by Gasteiger charge is 2.34. The Balaban J connectivity index is 1.58. The Hall–Kier alpha value is -4.07. The zero-order valence-corrected chi connectivity index (χ0v) is 31.0. The molecule has 2 heterocycles. The van der Waals surface area contributed by atoms with Gasteiger partial charge in [0.2, 0.25) is 5.91 Å². The molecule has 1 saturated heterocycles. The van der Waals surface area contributed by atoms with Crippen molar-refractivity contribution in [1.29, 1.82) is 0 Å². The van der Waals surface area contributed by atoms with E-state index in [1.165, 1.54) is 5.01 Å². The molecule has 276 valence electrons. The number of hydrogen-bond acceptors (Lipinski definition) is 10. The summed E-state index contributed by atoms with van der Waals surface area (Å²) >= 11 is 0. The normalized spacial score (nSPS) is 18.0. The molecule has 1 aromatic heterocycles. The molecule has 13 nitrogen and oxygen atoms in total. The summed E-state index contributed by atoms with van der Waals surface area (Å²) in [5, 5.41) is 17.6. The van der Waals surface area contributed by atoms with Crippen LogP contribution in [0.5, 0.6) is 0 Å². The molecule has 50 heavy (non-hydrogen) atoms. The smallest absolute Gasteiger partial charge is 0.408 e. The summed E-state index contributed by atoms with van der Waals surface area (Å²) < 4.78 is 16.7. The molecule has 3 rings (SSSR count). The Kier molecular flexibility index (Phi) is 13.9. The number of amides is 3. The van der Waals surface area contributed by atoms with Gasteiger partial charge in [0.05, 0.1) is 11.1 Å². The second-order valence-corrected chi connectivity index (χ2v) is 15.0. The van der Waals surface area contributed by atoms with Crippen LogP contribution < -0.4 is 16.1 Å². The van der Waals surface area contributed by atoms with Crippen molar-refractivity contribution in [1.82, 2.24) is 26.1 Å². The standard InChI is InChI=1S/C37H55N5O8/c1-22(2)31(40-35(47)50-37(8,9)10)32(44)39-23(3)33(45)42-18-12-14-29(41-42)34(46)48-24(4)26-16-17-28-27(20-26)19-25(21-38-28)13-11-15-30(43)49-36(5,6)7/h11,13,16-17,19-24,29-31,41,43H,12,14-15,18H2,1-10H3,(H,39,44)(H,40,47)/b13-11+/t23-,24+,29-,30?,31-/m0/s1. The first kappa shape index (κ1) is 40.4. The molecule has 1 aliphatic heterocycles. The second kappa shape index (κ2) is 17.2. The molecule has 2 aromatic rings. The van der Waals surface area contributed by atoms with Gasteiger partial charge in [-0.25, -0.2) is 10.2 Å². The largest absolute Gasteiger partial charge is 0.457 e. The summed E-state index contributed by atoms with van der Waals surface area (Å²) in [5.74, 6) is -1.71. The number of esters is 1. The number of fused-ring (bicyclic) bond motifs is 1. The van der Waals surface area contributed by atoms with Gasteiger partial charge in [0.25, 0.3) is 5.91 Å². The number of benzene rings is 1. The monoisotopic (exact) mass is 697 g/mol. The lowest BCUT2D eigenvalue weighted by Crippen LogP contribution is -2.61. The maximum absolute atomic E-state index is 13.3. The third-order valence-corrected chi connectivity index (χ3v) is 7.71. The van der Waals surface area contributed by atoms with Crippen LogP contribution in [0.1, 0.15) is 106 Å². The van der Waals surface area contributed by atoms with E-state index in [4.69, 9.17) is 14.2 Å². The van der Waals surface area contributed by atoms with Crippen LogP contribution in [0, 0.1) is 5.92 Å². The molecule has 13 heteroatoms. The lowest BCUT2D eigenvalue weighted by molar-refractivity contribution is -0.162. The number of nitrogens with zero attached hydrogens (tertiary/aromatic N) is 2. The van der Waals surface area contributed by atoms with Gasteiger partial charge in [-0.05, 0) is 103 Å².